The van der Waals surface area contributed by atoms with Crippen LogP contribution in [0.5, 0.6) is 0 Å². The molecule has 0 spiro atoms. The van der Waals surface area contributed by atoms with Crippen LogP contribution in [0.1, 0.15) is 28.8 Å². The van der Waals surface area contributed by atoms with E-state index in [0.717, 1.165) is 48.2 Å². The molecular formula is C18H15F2N3OS. The van der Waals surface area contributed by atoms with Crippen LogP contribution in [0.3, 0.4) is 0 Å². The molecule has 128 valence electrons. The van der Waals surface area contributed by atoms with Crippen molar-refractivity contribution in [2.75, 3.05) is 11.1 Å². The van der Waals surface area contributed by atoms with Gasteiger partial charge in [0, 0.05) is 17.4 Å². The quantitative estimate of drug-likeness (QED) is 0.844. The first-order valence-electron chi connectivity index (χ1n) is 7.79. The Labute approximate surface area is 148 Å². The summed E-state index contributed by atoms with van der Waals surface area (Å²) in [4.78, 5) is 16.6. The summed E-state index contributed by atoms with van der Waals surface area (Å²) in [6, 6.07) is 5.35. The van der Waals surface area contributed by atoms with Crippen molar-refractivity contribution in [3.8, 4) is 6.07 Å². The average Bonchev–Trinajstić information content (AvgIpc) is 3.05. The van der Waals surface area contributed by atoms with Crippen molar-refractivity contribution in [1.82, 2.24) is 4.98 Å². The SMILES string of the molecule is Cc1c(C#N)c(SCC(=O)Nc2ccc(F)c(F)c2)nc2c1CCC2. The number of nitrogens with zero attached hydrogens (tertiary/aromatic N) is 2. The molecule has 7 heteroatoms. The maximum Gasteiger partial charge on any atom is 0.234 e. The Morgan fingerprint density at radius 2 is 2.16 bits per heavy atom. The van der Waals surface area contributed by atoms with Crippen LogP contribution in [-0.2, 0) is 17.6 Å². The summed E-state index contributed by atoms with van der Waals surface area (Å²) in [6.45, 7) is 1.91. The van der Waals surface area contributed by atoms with E-state index < -0.39 is 11.6 Å². The molecule has 0 atom stereocenters. The topological polar surface area (TPSA) is 65.8 Å². The zero-order valence-corrected chi connectivity index (χ0v) is 14.3. The van der Waals surface area contributed by atoms with Gasteiger partial charge in [-0.05, 0) is 49.4 Å². The number of carbonyl (C=O) groups excluding carboxylic acids is 1. The van der Waals surface area contributed by atoms with Crippen LogP contribution in [-0.4, -0.2) is 16.6 Å². The van der Waals surface area contributed by atoms with Crippen molar-refractivity contribution in [1.29, 1.82) is 5.26 Å². The fraction of sp³-hybridized carbons (Fsp3) is 0.278. The van der Waals surface area contributed by atoms with E-state index in [4.69, 9.17) is 0 Å². The van der Waals surface area contributed by atoms with Gasteiger partial charge in [0.2, 0.25) is 5.91 Å². The monoisotopic (exact) mass is 359 g/mol. The number of aromatic nitrogens is 1. The molecule has 1 N–H and O–H groups in total. The van der Waals surface area contributed by atoms with Crippen molar-refractivity contribution < 1.29 is 13.6 Å². The van der Waals surface area contributed by atoms with Crippen LogP contribution < -0.4 is 5.32 Å². The van der Waals surface area contributed by atoms with Crippen molar-refractivity contribution in [3.63, 3.8) is 0 Å². The van der Waals surface area contributed by atoms with Gasteiger partial charge in [-0.15, -0.1) is 0 Å². The summed E-state index contributed by atoms with van der Waals surface area (Å²) in [5, 5.41) is 12.5. The van der Waals surface area contributed by atoms with E-state index in [1.54, 1.807) is 0 Å². The third-order valence-electron chi connectivity index (χ3n) is 4.12. The van der Waals surface area contributed by atoms with Gasteiger partial charge in [-0.3, -0.25) is 4.79 Å². The largest absolute Gasteiger partial charge is 0.325 e. The predicted octanol–water partition coefficient (Wildman–Crippen LogP) is 3.76. The number of aryl methyl sites for hydroxylation is 1. The van der Waals surface area contributed by atoms with Gasteiger partial charge in [0.15, 0.2) is 11.6 Å². The Hall–Kier alpha value is -2.46. The summed E-state index contributed by atoms with van der Waals surface area (Å²) < 4.78 is 26.1. The van der Waals surface area contributed by atoms with Gasteiger partial charge in [0.25, 0.3) is 0 Å². The highest BCUT2D eigenvalue weighted by Crippen LogP contribution is 2.31. The fourth-order valence-electron chi connectivity index (χ4n) is 2.89. The van der Waals surface area contributed by atoms with Gasteiger partial charge in [0.05, 0.1) is 11.3 Å². The van der Waals surface area contributed by atoms with Gasteiger partial charge < -0.3 is 5.32 Å². The highest BCUT2D eigenvalue weighted by Gasteiger charge is 2.21. The number of nitrogens with one attached hydrogen (secondary N) is 1. The first-order valence-corrected chi connectivity index (χ1v) is 8.78. The van der Waals surface area contributed by atoms with Crippen molar-refractivity contribution in [2.45, 2.75) is 31.2 Å². The molecule has 1 aromatic heterocycles. The summed E-state index contributed by atoms with van der Waals surface area (Å²) in [7, 11) is 0. The fourth-order valence-corrected chi connectivity index (χ4v) is 3.74. The number of carbonyl (C=O) groups is 1. The number of halogens is 2. The first kappa shape index (κ1) is 17.4. The summed E-state index contributed by atoms with van der Waals surface area (Å²) in [6.07, 6.45) is 2.85. The number of nitriles is 1. The van der Waals surface area contributed by atoms with Gasteiger partial charge >= 0.3 is 0 Å². The van der Waals surface area contributed by atoms with Crippen LogP contribution in [0.15, 0.2) is 23.2 Å². The Bertz CT molecular complexity index is 893. The molecule has 1 aliphatic carbocycles. The standard InChI is InChI=1S/C18H15F2N3OS/c1-10-12-3-2-4-16(12)23-18(13(10)8-21)25-9-17(24)22-11-5-6-14(19)15(20)7-11/h5-7H,2-4,9H2,1H3,(H,22,24). The van der Waals surface area contributed by atoms with Gasteiger partial charge in [-0.25, -0.2) is 13.8 Å². The molecule has 0 bridgehead atoms. The number of hydrogen-bond donors (Lipinski definition) is 1. The summed E-state index contributed by atoms with van der Waals surface area (Å²) in [5.74, 6) is -2.34. The number of thioether (sulfide) groups is 1. The van der Waals surface area contributed by atoms with E-state index in [-0.39, 0.29) is 17.3 Å². The first-order chi connectivity index (χ1) is 12.0. The Kier molecular flexibility index (Phi) is 5.00. The second-order valence-corrected chi connectivity index (χ2v) is 6.74. The minimum atomic E-state index is -1.02. The molecule has 3 rings (SSSR count). The number of pyridine rings is 1. The van der Waals surface area contributed by atoms with Crippen molar-refractivity contribution in [3.05, 3.63) is 52.2 Å². The number of hydrogen-bond acceptors (Lipinski definition) is 4. The van der Waals surface area contributed by atoms with E-state index in [9.17, 15) is 18.8 Å². The molecule has 0 unspecified atom stereocenters. The van der Waals surface area contributed by atoms with Crippen LogP contribution in [0, 0.1) is 29.9 Å². The van der Waals surface area contributed by atoms with E-state index in [0.29, 0.717) is 10.6 Å². The minimum absolute atomic E-state index is 0.0267. The molecular weight excluding hydrogens is 344 g/mol. The summed E-state index contributed by atoms with van der Waals surface area (Å²) in [5.41, 5.74) is 3.77. The van der Waals surface area contributed by atoms with E-state index in [2.05, 4.69) is 16.4 Å². The lowest BCUT2D eigenvalue weighted by Crippen LogP contribution is -2.14. The number of fused-ring (bicyclic) bond motifs is 1. The molecule has 0 saturated heterocycles. The molecule has 25 heavy (non-hydrogen) atoms. The zero-order valence-electron chi connectivity index (χ0n) is 13.5. The average molecular weight is 359 g/mol. The van der Waals surface area contributed by atoms with Crippen LogP contribution in [0.25, 0.3) is 0 Å². The van der Waals surface area contributed by atoms with Crippen LogP contribution in [0.4, 0.5) is 14.5 Å². The normalized spacial score (nSPS) is 12.6. The highest BCUT2D eigenvalue weighted by molar-refractivity contribution is 8.00. The lowest BCUT2D eigenvalue weighted by atomic mass is 10.0. The molecule has 1 amide bonds. The third kappa shape index (κ3) is 3.64. The second-order valence-electron chi connectivity index (χ2n) is 5.77. The minimum Gasteiger partial charge on any atom is -0.325 e. The van der Waals surface area contributed by atoms with E-state index in [1.165, 1.54) is 17.8 Å². The maximum absolute atomic E-state index is 13.2. The van der Waals surface area contributed by atoms with Crippen molar-refractivity contribution in [2.24, 2.45) is 0 Å². The molecule has 0 saturated carbocycles. The second kappa shape index (κ2) is 7.19. The van der Waals surface area contributed by atoms with E-state index in [1.807, 2.05) is 6.92 Å². The summed E-state index contributed by atoms with van der Waals surface area (Å²) >= 11 is 1.17. The highest BCUT2D eigenvalue weighted by atomic mass is 32.2. The molecule has 0 fully saturated rings. The number of amides is 1. The number of rotatable bonds is 4. The van der Waals surface area contributed by atoms with Gasteiger partial charge in [0.1, 0.15) is 11.1 Å². The molecule has 1 heterocycles. The van der Waals surface area contributed by atoms with Crippen LogP contribution in [0.2, 0.25) is 0 Å². The number of benzene rings is 1. The zero-order chi connectivity index (χ0) is 18.0. The Morgan fingerprint density at radius 1 is 1.36 bits per heavy atom. The van der Waals surface area contributed by atoms with Gasteiger partial charge in [-0.1, -0.05) is 11.8 Å². The molecule has 1 aromatic carbocycles. The number of anilines is 1. The third-order valence-corrected chi connectivity index (χ3v) is 5.10. The molecule has 2 aromatic rings. The maximum atomic E-state index is 13.2. The molecule has 0 radical (unpaired) electrons. The smallest absolute Gasteiger partial charge is 0.234 e. The molecule has 1 aliphatic rings. The predicted molar refractivity (Wildman–Crippen MR) is 91.4 cm³/mol. The Morgan fingerprint density at radius 3 is 2.88 bits per heavy atom. The van der Waals surface area contributed by atoms with Crippen molar-refractivity contribution >= 4 is 23.4 Å². The van der Waals surface area contributed by atoms with E-state index >= 15 is 0 Å². The Balaban J connectivity index is 1.71. The van der Waals surface area contributed by atoms with Gasteiger partial charge in [-0.2, -0.15) is 5.26 Å². The lowest BCUT2D eigenvalue weighted by Gasteiger charge is -2.11. The lowest BCUT2D eigenvalue weighted by molar-refractivity contribution is -0.113. The molecule has 0 aliphatic heterocycles. The van der Waals surface area contributed by atoms with Crippen LogP contribution >= 0.6 is 11.8 Å². The molecule has 4 nitrogen and oxygen atoms in total.